The van der Waals surface area contributed by atoms with E-state index in [0.29, 0.717) is 5.56 Å². The molecule has 1 aromatic rings. The number of carbonyl (C=O) groups is 1. The van der Waals surface area contributed by atoms with Crippen LogP contribution in [0.3, 0.4) is 0 Å². The second kappa shape index (κ2) is 7.77. The van der Waals surface area contributed by atoms with Crippen molar-refractivity contribution in [2.45, 2.75) is 37.5 Å². The number of halogens is 1. The van der Waals surface area contributed by atoms with Gasteiger partial charge < -0.3 is 5.32 Å². The lowest BCUT2D eigenvalue weighted by Crippen LogP contribution is -2.24. The summed E-state index contributed by atoms with van der Waals surface area (Å²) < 4.78 is 0.807. The van der Waals surface area contributed by atoms with E-state index in [1.54, 1.807) is 6.07 Å². The fraction of sp³-hybridized carbons (Fsp3) is 0.462. The number of benzene rings is 1. The molecule has 0 spiro atoms. The van der Waals surface area contributed by atoms with Gasteiger partial charge in [0, 0.05) is 15.9 Å². The van der Waals surface area contributed by atoms with Gasteiger partial charge in [0.2, 0.25) is 0 Å². The van der Waals surface area contributed by atoms with Crippen molar-refractivity contribution in [3.05, 3.63) is 28.2 Å². The van der Waals surface area contributed by atoms with E-state index >= 15 is 0 Å². The highest BCUT2D eigenvalue weighted by Crippen LogP contribution is 2.20. The first kappa shape index (κ1) is 14.6. The number of nitrogens with one attached hydrogen (secondary N) is 1. The van der Waals surface area contributed by atoms with Gasteiger partial charge in [-0.2, -0.15) is 0 Å². The molecule has 0 aliphatic carbocycles. The molecule has 0 aliphatic heterocycles. The summed E-state index contributed by atoms with van der Waals surface area (Å²) in [5, 5.41) is 2.92. The zero-order valence-corrected chi connectivity index (χ0v) is 12.5. The average Bonchev–Trinajstić information content (AvgIpc) is 2.32. The molecule has 2 nitrogen and oxygen atoms in total. The Labute approximate surface area is 117 Å². The SMILES string of the molecule is CCCCCCNC(=O)c1cc(S)ccc1Br. The van der Waals surface area contributed by atoms with Crippen molar-refractivity contribution in [1.29, 1.82) is 0 Å². The maximum Gasteiger partial charge on any atom is 0.252 e. The highest BCUT2D eigenvalue weighted by atomic mass is 79.9. The number of carbonyl (C=O) groups excluding carboxylic acids is 1. The van der Waals surface area contributed by atoms with Gasteiger partial charge in [0.15, 0.2) is 0 Å². The van der Waals surface area contributed by atoms with Crippen LogP contribution in [-0.2, 0) is 0 Å². The first-order valence-corrected chi connectivity index (χ1v) is 7.16. The summed E-state index contributed by atoms with van der Waals surface area (Å²) in [5.74, 6) is -0.0377. The van der Waals surface area contributed by atoms with Gasteiger partial charge in [-0.25, -0.2) is 0 Å². The highest BCUT2D eigenvalue weighted by molar-refractivity contribution is 9.10. The molecule has 0 unspecified atom stereocenters. The van der Waals surface area contributed by atoms with Crippen molar-refractivity contribution in [2.24, 2.45) is 0 Å². The van der Waals surface area contributed by atoms with E-state index in [1.807, 2.05) is 12.1 Å². The second-order valence-electron chi connectivity index (χ2n) is 3.98. The molecule has 1 N–H and O–H groups in total. The fourth-order valence-electron chi connectivity index (χ4n) is 1.54. The molecule has 0 heterocycles. The molecule has 1 aromatic carbocycles. The van der Waals surface area contributed by atoms with Crippen LogP contribution in [0.15, 0.2) is 27.6 Å². The zero-order valence-electron chi connectivity index (χ0n) is 10.0. The van der Waals surface area contributed by atoms with Gasteiger partial charge in [-0.1, -0.05) is 26.2 Å². The van der Waals surface area contributed by atoms with Crippen molar-refractivity contribution in [3.8, 4) is 0 Å². The lowest BCUT2D eigenvalue weighted by Gasteiger charge is -2.07. The second-order valence-corrected chi connectivity index (χ2v) is 5.35. The van der Waals surface area contributed by atoms with Crippen molar-refractivity contribution in [2.75, 3.05) is 6.54 Å². The molecule has 94 valence electrons. The van der Waals surface area contributed by atoms with Crippen molar-refractivity contribution >= 4 is 34.5 Å². The molecule has 0 radical (unpaired) electrons. The molecule has 0 saturated heterocycles. The molecule has 1 amide bonds. The van der Waals surface area contributed by atoms with Gasteiger partial charge in [-0.15, -0.1) is 12.6 Å². The van der Waals surface area contributed by atoms with Crippen LogP contribution in [0.2, 0.25) is 0 Å². The standard InChI is InChI=1S/C13H18BrNOS/c1-2-3-4-5-8-15-13(16)11-9-10(17)6-7-12(11)14/h6-7,9,17H,2-5,8H2,1H3,(H,15,16). The smallest absolute Gasteiger partial charge is 0.252 e. The summed E-state index contributed by atoms with van der Waals surface area (Å²) in [6, 6.07) is 5.47. The van der Waals surface area contributed by atoms with E-state index in [0.717, 1.165) is 22.3 Å². The summed E-state index contributed by atoms with van der Waals surface area (Å²) in [6.07, 6.45) is 4.65. The minimum Gasteiger partial charge on any atom is -0.352 e. The molecule has 1 rings (SSSR count). The maximum absolute atomic E-state index is 11.9. The van der Waals surface area contributed by atoms with Gasteiger partial charge in [0.1, 0.15) is 0 Å². The van der Waals surface area contributed by atoms with E-state index in [9.17, 15) is 4.79 Å². The first-order chi connectivity index (χ1) is 8.15. The predicted octanol–water partition coefficient (Wildman–Crippen LogP) is 4.05. The predicted molar refractivity (Wildman–Crippen MR) is 77.9 cm³/mol. The van der Waals surface area contributed by atoms with Crippen LogP contribution in [0.1, 0.15) is 43.0 Å². The molecule has 0 bridgehead atoms. The number of hydrogen-bond donors (Lipinski definition) is 2. The van der Waals surface area contributed by atoms with Crippen LogP contribution in [0, 0.1) is 0 Å². The minimum atomic E-state index is -0.0377. The maximum atomic E-state index is 11.9. The third-order valence-corrected chi connectivity index (χ3v) is 3.48. The third-order valence-electron chi connectivity index (χ3n) is 2.51. The number of amides is 1. The Morgan fingerprint density at radius 3 is 2.82 bits per heavy atom. The minimum absolute atomic E-state index is 0.0377. The Kier molecular flexibility index (Phi) is 6.66. The van der Waals surface area contributed by atoms with Crippen molar-refractivity contribution < 1.29 is 4.79 Å². The van der Waals surface area contributed by atoms with Gasteiger partial charge in [-0.05, 0) is 40.5 Å². The van der Waals surface area contributed by atoms with Gasteiger partial charge in [0.05, 0.1) is 5.56 Å². The van der Waals surface area contributed by atoms with E-state index in [2.05, 4.69) is 40.8 Å². The van der Waals surface area contributed by atoms with Crippen molar-refractivity contribution in [1.82, 2.24) is 5.32 Å². The van der Waals surface area contributed by atoms with Gasteiger partial charge in [0.25, 0.3) is 5.91 Å². The first-order valence-electron chi connectivity index (χ1n) is 5.92. The lowest BCUT2D eigenvalue weighted by atomic mass is 10.2. The van der Waals surface area contributed by atoms with E-state index < -0.39 is 0 Å². The number of hydrogen-bond acceptors (Lipinski definition) is 2. The Balaban J connectivity index is 2.44. The fourth-order valence-corrected chi connectivity index (χ4v) is 2.17. The van der Waals surface area contributed by atoms with Crippen LogP contribution in [-0.4, -0.2) is 12.5 Å². The zero-order chi connectivity index (χ0) is 12.7. The summed E-state index contributed by atoms with van der Waals surface area (Å²) in [4.78, 5) is 12.7. The Hall–Kier alpha value is -0.480. The molecule has 0 atom stereocenters. The molecular weight excluding hydrogens is 298 g/mol. The molecule has 0 aliphatic rings. The molecular formula is C13H18BrNOS. The molecule has 17 heavy (non-hydrogen) atoms. The van der Waals surface area contributed by atoms with Gasteiger partial charge in [-0.3, -0.25) is 4.79 Å². The quantitative estimate of drug-likeness (QED) is 0.602. The van der Waals surface area contributed by atoms with Crippen LogP contribution in [0.25, 0.3) is 0 Å². The third kappa shape index (κ3) is 5.13. The Morgan fingerprint density at radius 2 is 2.12 bits per heavy atom. The summed E-state index contributed by atoms with van der Waals surface area (Å²) in [7, 11) is 0. The van der Waals surface area contributed by atoms with Crippen LogP contribution in [0.4, 0.5) is 0 Å². The molecule has 0 saturated carbocycles. The Bertz CT molecular complexity index is 382. The number of unbranched alkanes of at least 4 members (excludes halogenated alkanes) is 3. The van der Waals surface area contributed by atoms with Crippen LogP contribution in [0.5, 0.6) is 0 Å². The van der Waals surface area contributed by atoms with Crippen molar-refractivity contribution in [3.63, 3.8) is 0 Å². The largest absolute Gasteiger partial charge is 0.352 e. The van der Waals surface area contributed by atoms with Crippen LogP contribution < -0.4 is 5.32 Å². The van der Waals surface area contributed by atoms with E-state index in [4.69, 9.17) is 0 Å². The Morgan fingerprint density at radius 1 is 1.35 bits per heavy atom. The average molecular weight is 316 g/mol. The summed E-state index contributed by atoms with van der Waals surface area (Å²) >= 11 is 7.60. The normalized spacial score (nSPS) is 10.3. The molecule has 4 heteroatoms. The number of thiol groups is 1. The highest BCUT2D eigenvalue weighted by Gasteiger charge is 2.09. The lowest BCUT2D eigenvalue weighted by molar-refractivity contribution is 0.0952. The number of rotatable bonds is 6. The molecule has 0 fully saturated rings. The van der Waals surface area contributed by atoms with E-state index in [-0.39, 0.29) is 5.91 Å². The summed E-state index contributed by atoms with van der Waals surface area (Å²) in [6.45, 7) is 2.91. The topological polar surface area (TPSA) is 29.1 Å². The van der Waals surface area contributed by atoms with E-state index in [1.165, 1.54) is 19.3 Å². The monoisotopic (exact) mass is 315 g/mol. The van der Waals surface area contributed by atoms with Crippen LogP contribution >= 0.6 is 28.6 Å². The van der Waals surface area contributed by atoms with Gasteiger partial charge >= 0.3 is 0 Å². The molecule has 0 aromatic heterocycles. The summed E-state index contributed by atoms with van der Waals surface area (Å²) in [5.41, 5.74) is 0.646.